The third-order valence-corrected chi connectivity index (χ3v) is 9.76. The van der Waals surface area contributed by atoms with Crippen molar-refractivity contribution in [1.82, 2.24) is 15.2 Å². The number of aromatic hydroxyl groups is 1. The Hall–Kier alpha value is -2.97. The van der Waals surface area contributed by atoms with Gasteiger partial charge in [-0.3, -0.25) is 19.5 Å². The predicted octanol–water partition coefficient (Wildman–Crippen LogP) is 2.36. The lowest BCUT2D eigenvalue weighted by Crippen LogP contribution is -2.76. The number of rotatable bonds is 7. The zero-order valence-electron chi connectivity index (χ0n) is 20.9. The van der Waals surface area contributed by atoms with Gasteiger partial charge in [0.1, 0.15) is 6.10 Å². The molecule has 3 fully saturated rings. The summed E-state index contributed by atoms with van der Waals surface area (Å²) in [6.07, 6.45) is 8.32. The summed E-state index contributed by atoms with van der Waals surface area (Å²) in [5.41, 5.74) is 1.02. The minimum absolute atomic E-state index is 0.0206. The fourth-order valence-electron chi connectivity index (χ4n) is 7.94. The molecular weight excluding hydrogens is 470 g/mol. The number of piperidine rings is 1. The maximum Gasteiger partial charge on any atom is 0.251 e. The number of carbonyl (C=O) groups is 2. The van der Waals surface area contributed by atoms with Crippen LogP contribution in [0.5, 0.6) is 11.5 Å². The number of ketones is 1. The molecule has 7 rings (SSSR count). The van der Waals surface area contributed by atoms with Crippen LogP contribution in [0.2, 0.25) is 0 Å². The van der Waals surface area contributed by atoms with Crippen molar-refractivity contribution >= 4 is 11.7 Å². The number of nitrogens with one attached hydrogen (secondary N) is 1. The molecule has 37 heavy (non-hydrogen) atoms. The van der Waals surface area contributed by atoms with Gasteiger partial charge >= 0.3 is 0 Å². The molecule has 5 atom stereocenters. The summed E-state index contributed by atoms with van der Waals surface area (Å²) >= 11 is 0. The lowest BCUT2D eigenvalue weighted by atomic mass is 9.47. The van der Waals surface area contributed by atoms with Gasteiger partial charge in [0.05, 0.1) is 17.6 Å². The monoisotopic (exact) mass is 503 g/mol. The van der Waals surface area contributed by atoms with Crippen molar-refractivity contribution in [2.24, 2.45) is 11.8 Å². The molecule has 2 saturated carbocycles. The third-order valence-electron chi connectivity index (χ3n) is 9.76. The molecule has 194 valence electrons. The Morgan fingerprint density at radius 2 is 1.95 bits per heavy atom. The van der Waals surface area contributed by atoms with E-state index in [1.165, 1.54) is 12.8 Å². The maximum absolute atomic E-state index is 13.1. The second kappa shape index (κ2) is 8.27. The number of phenolic OH excluding ortho intramolecular Hbond substituents is 1. The number of amides is 1. The number of hydrogen-bond donors (Lipinski definition) is 3. The number of pyridine rings is 1. The van der Waals surface area contributed by atoms with E-state index in [1.807, 2.05) is 6.07 Å². The van der Waals surface area contributed by atoms with Gasteiger partial charge < -0.3 is 20.3 Å². The molecular formula is C29H33N3O5. The number of Topliss-reactive ketones (excluding diaryl/α,β-unsaturated/α-hetero) is 1. The summed E-state index contributed by atoms with van der Waals surface area (Å²) in [4.78, 5) is 31.9. The van der Waals surface area contributed by atoms with E-state index in [4.69, 9.17) is 4.74 Å². The van der Waals surface area contributed by atoms with Crippen LogP contribution in [0.25, 0.3) is 0 Å². The topological polar surface area (TPSA) is 112 Å². The molecule has 0 unspecified atom stereocenters. The first-order chi connectivity index (χ1) is 17.9. The molecule has 2 aromatic rings. The quantitative estimate of drug-likeness (QED) is 0.532. The van der Waals surface area contributed by atoms with E-state index in [2.05, 4.69) is 15.2 Å². The van der Waals surface area contributed by atoms with Crippen molar-refractivity contribution in [1.29, 1.82) is 0 Å². The standard InChI is InChI=1S/C29H33N3O5/c33-21(15-31-27(35)18-6-10-30-11-7-18)13-20-5-8-29(36)23-14-19-3-4-22(34)25-24(19)28(29,26(20)37-25)9-12-32(23)16-17-1-2-17/h3-4,6-7,10-11,17,20,23,26,34,36H,1-2,5,8-9,12-16H2,(H,31,35)/t20-,23+,26-,28-,29+/m0/s1. The second-order valence-corrected chi connectivity index (χ2v) is 11.8. The van der Waals surface area contributed by atoms with E-state index in [0.717, 1.165) is 43.0 Å². The highest BCUT2D eigenvalue weighted by molar-refractivity contribution is 5.96. The van der Waals surface area contributed by atoms with Crippen molar-refractivity contribution in [3.05, 3.63) is 53.3 Å². The summed E-state index contributed by atoms with van der Waals surface area (Å²) < 4.78 is 6.54. The lowest BCUT2D eigenvalue weighted by molar-refractivity contribution is -0.198. The summed E-state index contributed by atoms with van der Waals surface area (Å²) in [6.45, 7) is 1.87. The minimum Gasteiger partial charge on any atom is -0.504 e. The maximum atomic E-state index is 13.1. The largest absolute Gasteiger partial charge is 0.504 e. The van der Waals surface area contributed by atoms with Crippen LogP contribution >= 0.6 is 0 Å². The molecule has 2 aliphatic heterocycles. The zero-order chi connectivity index (χ0) is 25.4. The van der Waals surface area contributed by atoms with Gasteiger partial charge in [0.15, 0.2) is 17.3 Å². The van der Waals surface area contributed by atoms with Gasteiger partial charge in [0.2, 0.25) is 0 Å². The molecule has 8 heteroatoms. The SMILES string of the molecule is O=C(CNC(=O)c1ccncc1)C[C@@H]1CC[C@@]2(O)[C@H]3Cc4ccc(O)c5c4[C@@]2(CCN3CC2CC2)[C@H]1O5. The van der Waals surface area contributed by atoms with Crippen LogP contribution in [0.4, 0.5) is 0 Å². The molecule has 0 radical (unpaired) electrons. The highest BCUT2D eigenvalue weighted by Gasteiger charge is 2.72. The number of hydrogen-bond acceptors (Lipinski definition) is 7. The normalized spacial score (nSPS) is 33.4. The highest BCUT2D eigenvalue weighted by Crippen LogP contribution is 2.66. The Morgan fingerprint density at radius 1 is 1.14 bits per heavy atom. The average molecular weight is 504 g/mol. The highest BCUT2D eigenvalue weighted by atomic mass is 16.5. The van der Waals surface area contributed by atoms with Gasteiger partial charge in [-0.1, -0.05) is 6.07 Å². The van der Waals surface area contributed by atoms with Crippen molar-refractivity contribution in [2.45, 2.75) is 68.1 Å². The van der Waals surface area contributed by atoms with Crippen molar-refractivity contribution < 1.29 is 24.5 Å². The predicted molar refractivity (Wildman–Crippen MR) is 134 cm³/mol. The molecule has 3 aliphatic carbocycles. The number of aliphatic hydroxyl groups is 1. The molecule has 8 nitrogen and oxygen atoms in total. The fraction of sp³-hybridized carbons (Fsp3) is 0.552. The summed E-state index contributed by atoms with van der Waals surface area (Å²) in [5.74, 6) is 0.889. The van der Waals surface area contributed by atoms with Crippen LogP contribution in [0.3, 0.4) is 0 Å². The van der Waals surface area contributed by atoms with Gasteiger partial charge in [0, 0.05) is 48.4 Å². The molecule has 5 aliphatic rings. The van der Waals surface area contributed by atoms with Crippen LogP contribution in [0, 0.1) is 11.8 Å². The Labute approximate surface area is 216 Å². The number of carbonyl (C=O) groups excluding carboxylic acids is 2. The first-order valence-corrected chi connectivity index (χ1v) is 13.6. The Kier molecular flexibility index (Phi) is 5.18. The fourth-order valence-corrected chi connectivity index (χ4v) is 7.94. The third kappa shape index (κ3) is 3.38. The molecule has 1 spiro atoms. The van der Waals surface area contributed by atoms with E-state index in [-0.39, 0.29) is 48.5 Å². The first-order valence-electron chi connectivity index (χ1n) is 13.6. The first kappa shape index (κ1) is 23.2. The number of nitrogens with zero attached hydrogens (tertiary/aromatic N) is 2. The van der Waals surface area contributed by atoms with E-state index < -0.39 is 11.0 Å². The molecule has 1 aromatic heterocycles. The van der Waals surface area contributed by atoms with Crippen LogP contribution < -0.4 is 10.1 Å². The summed E-state index contributed by atoms with van der Waals surface area (Å²) in [5, 5.41) is 26.0. The molecule has 1 amide bonds. The van der Waals surface area contributed by atoms with Crippen LogP contribution in [-0.4, -0.2) is 69.2 Å². The number of ether oxygens (including phenoxy) is 1. The Morgan fingerprint density at radius 3 is 2.73 bits per heavy atom. The molecule has 1 aromatic carbocycles. The van der Waals surface area contributed by atoms with Crippen LogP contribution in [-0.2, 0) is 16.6 Å². The Balaban J connectivity index is 1.16. The van der Waals surface area contributed by atoms with Gasteiger partial charge in [0.25, 0.3) is 5.91 Å². The molecule has 2 bridgehead atoms. The number of aromatic nitrogens is 1. The molecule has 3 N–H and O–H groups in total. The van der Waals surface area contributed by atoms with Crippen LogP contribution in [0.15, 0.2) is 36.7 Å². The zero-order valence-corrected chi connectivity index (χ0v) is 20.9. The Bertz CT molecular complexity index is 1260. The second-order valence-electron chi connectivity index (χ2n) is 11.8. The minimum atomic E-state index is -0.952. The van der Waals surface area contributed by atoms with E-state index in [0.29, 0.717) is 24.2 Å². The van der Waals surface area contributed by atoms with Crippen molar-refractivity contribution in [2.75, 3.05) is 19.6 Å². The number of likely N-dealkylation sites (tertiary alicyclic amines) is 1. The van der Waals surface area contributed by atoms with Crippen molar-refractivity contribution in [3.63, 3.8) is 0 Å². The smallest absolute Gasteiger partial charge is 0.251 e. The van der Waals surface area contributed by atoms with Gasteiger partial charge in [-0.05, 0) is 74.8 Å². The van der Waals surface area contributed by atoms with Crippen molar-refractivity contribution in [3.8, 4) is 11.5 Å². The van der Waals surface area contributed by atoms with Gasteiger partial charge in [-0.25, -0.2) is 0 Å². The van der Waals surface area contributed by atoms with Gasteiger partial charge in [-0.2, -0.15) is 0 Å². The summed E-state index contributed by atoms with van der Waals surface area (Å²) in [7, 11) is 0. The van der Waals surface area contributed by atoms with E-state index in [9.17, 15) is 19.8 Å². The van der Waals surface area contributed by atoms with Crippen LogP contribution in [0.1, 0.15) is 60.0 Å². The molecule has 3 heterocycles. The number of phenols is 1. The van der Waals surface area contributed by atoms with E-state index in [1.54, 1.807) is 30.6 Å². The lowest BCUT2D eigenvalue weighted by Gasteiger charge is -2.64. The number of benzene rings is 1. The van der Waals surface area contributed by atoms with Gasteiger partial charge in [-0.15, -0.1) is 0 Å². The van der Waals surface area contributed by atoms with E-state index >= 15 is 0 Å². The molecule has 1 saturated heterocycles. The average Bonchev–Trinajstić information content (AvgIpc) is 3.64. The summed E-state index contributed by atoms with van der Waals surface area (Å²) in [6, 6.07) is 6.96.